The fourth-order valence-corrected chi connectivity index (χ4v) is 2.75. The van der Waals surface area contributed by atoms with E-state index in [1.807, 2.05) is 48.5 Å². The Bertz CT molecular complexity index is 973. The van der Waals surface area contributed by atoms with Gasteiger partial charge in [0.1, 0.15) is 6.61 Å². The summed E-state index contributed by atoms with van der Waals surface area (Å²) in [7, 11) is 1.62. The minimum Gasteiger partial charge on any atom is -0.493 e. The molecule has 2 N–H and O–H groups in total. The maximum atomic E-state index is 5.90. The molecule has 0 heterocycles. The Morgan fingerprint density at radius 1 is 1.00 bits per heavy atom. The van der Waals surface area contributed by atoms with Crippen molar-refractivity contribution in [2.45, 2.75) is 13.5 Å². The number of anilines is 1. The quantitative estimate of drug-likeness (QED) is 0.333. The zero-order chi connectivity index (χ0) is 20.5. The molecule has 0 atom stereocenters. The summed E-state index contributed by atoms with van der Waals surface area (Å²) in [5.41, 5.74) is 6.89. The van der Waals surface area contributed by atoms with Crippen LogP contribution in [0, 0.1) is 6.92 Å². The molecule has 0 radical (unpaired) electrons. The second kappa shape index (κ2) is 10.2. The summed E-state index contributed by atoms with van der Waals surface area (Å²) in [5.74, 6) is 1.32. The minimum absolute atomic E-state index is 0.414. The average molecular weight is 406 g/mol. The third kappa shape index (κ3) is 6.33. The molecular formula is C23H23N3O2S. The molecule has 3 aromatic rings. The number of hydrogen-bond donors (Lipinski definition) is 2. The van der Waals surface area contributed by atoms with Crippen molar-refractivity contribution in [3.8, 4) is 11.5 Å². The maximum Gasteiger partial charge on any atom is 0.191 e. The molecule has 0 aliphatic heterocycles. The van der Waals surface area contributed by atoms with Crippen molar-refractivity contribution in [2.24, 2.45) is 5.10 Å². The Morgan fingerprint density at radius 2 is 1.76 bits per heavy atom. The van der Waals surface area contributed by atoms with Crippen LogP contribution >= 0.6 is 12.2 Å². The molecule has 0 aliphatic carbocycles. The Kier molecular flexibility index (Phi) is 7.19. The van der Waals surface area contributed by atoms with Gasteiger partial charge in [-0.2, -0.15) is 5.10 Å². The normalized spacial score (nSPS) is 10.6. The third-order valence-electron chi connectivity index (χ3n) is 4.11. The fraction of sp³-hybridized carbons (Fsp3) is 0.130. The van der Waals surface area contributed by atoms with E-state index in [1.165, 1.54) is 5.56 Å². The van der Waals surface area contributed by atoms with E-state index in [0.29, 0.717) is 23.2 Å². The van der Waals surface area contributed by atoms with Crippen LogP contribution in [0.5, 0.6) is 11.5 Å². The summed E-state index contributed by atoms with van der Waals surface area (Å²) < 4.78 is 11.4. The Labute approximate surface area is 176 Å². The van der Waals surface area contributed by atoms with Crippen molar-refractivity contribution in [3.63, 3.8) is 0 Å². The van der Waals surface area contributed by atoms with E-state index in [1.54, 1.807) is 13.3 Å². The number of aryl methyl sites for hydroxylation is 1. The Hall–Kier alpha value is -3.38. The van der Waals surface area contributed by atoms with E-state index in [9.17, 15) is 0 Å². The molecule has 0 aromatic heterocycles. The predicted octanol–water partition coefficient (Wildman–Crippen LogP) is 4.90. The van der Waals surface area contributed by atoms with Gasteiger partial charge in [-0.3, -0.25) is 5.43 Å². The molecule has 0 fully saturated rings. The molecule has 0 saturated carbocycles. The summed E-state index contributed by atoms with van der Waals surface area (Å²) >= 11 is 5.23. The van der Waals surface area contributed by atoms with Gasteiger partial charge in [-0.05, 0) is 60.6 Å². The Balaban J connectivity index is 1.56. The molecule has 148 valence electrons. The number of thiocarbonyl (C=S) groups is 1. The van der Waals surface area contributed by atoms with Crippen LogP contribution in [0.3, 0.4) is 0 Å². The molecule has 0 bridgehead atoms. The number of hydrazone groups is 1. The summed E-state index contributed by atoms with van der Waals surface area (Å²) in [6, 6.07) is 23.6. The van der Waals surface area contributed by atoms with Crippen LogP contribution in [0.15, 0.2) is 77.9 Å². The van der Waals surface area contributed by atoms with Crippen LogP contribution in [-0.4, -0.2) is 18.4 Å². The van der Waals surface area contributed by atoms with Gasteiger partial charge in [0.2, 0.25) is 0 Å². The second-order valence-corrected chi connectivity index (χ2v) is 6.78. The van der Waals surface area contributed by atoms with E-state index in [4.69, 9.17) is 21.7 Å². The van der Waals surface area contributed by atoms with Gasteiger partial charge in [0.15, 0.2) is 16.6 Å². The molecule has 0 saturated heterocycles. The number of benzene rings is 3. The fourth-order valence-electron chi connectivity index (χ4n) is 2.58. The number of nitrogens with one attached hydrogen (secondary N) is 2. The van der Waals surface area contributed by atoms with Gasteiger partial charge in [-0.25, -0.2) is 0 Å². The van der Waals surface area contributed by atoms with Crippen molar-refractivity contribution in [2.75, 3.05) is 12.4 Å². The van der Waals surface area contributed by atoms with Crippen LogP contribution in [0.25, 0.3) is 0 Å². The molecule has 3 rings (SSSR count). The van der Waals surface area contributed by atoms with Crippen molar-refractivity contribution < 1.29 is 9.47 Å². The smallest absolute Gasteiger partial charge is 0.191 e. The highest BCUT2D eigenvalue weighted by Gasteiger charge is 2.06. The summed E-state index contributed by atoms with van der Waals surface area (Å²) in [6.07, 6.45) is 1.67. The SMILES string of the molecule is COc1cc(C=NNC(=S)Nc2ccccc2)ccc1OCc1ccc(C)cc1. The first-order valence-corrected chi connectivity index (χ1v) is 9.56. The van der Waals surface area contributed by atoms with Crippen LogP contribution in [0.4, 0.5) is 5.69 Å². The second-order valence-electron chi connectivity index (χ2n) is 6.37. The van der Waals surface area contributed by atoms with Crippen LogP contribution in [0.2, 0.25) is 0 Å². The van der Waals surface area contributed by atoms with Gasteiger partial charge in [-0.15, -0.1) is 0 Å². The number of nitrogens with zero attached hydrogens (tertiary/aromatic N) is 1. The number of hydrogen-bond acceptors (Lipinski definition) is 4. The highest BCUT2D eigenvalue weighted by molar-refractivity contribution is 7.80. The van der Waals surface area contributed by atoms with Crippen LogP contribution < -0.4 is 20.2 Å². The molecular weight excluding hydrogens is 382 g/mol. The molecule has 5 nitrogen and oxygen atoms in total. The highest BCUT2D eigenvalue weighted by atomic mass is 32.1. The lowest BCUT2D eigenvalue weighted by Gasteiger charge is -2.11. The molecule has 0 amide bonds. The zero-order valence-corrected chi connectivity index (χ0v) is 17.2. The predicted molar refractivity (Wildman–Crippen MR) is 122 cm³/mol. The summed E-state index contributed by atoms with van der Waals surface area (Å²) in [4.78, 5) is 0. The Morgan fingerprint density at radius 3 is 2.48 bits per heavy atom. The van der Waals surface area contributed by atoms with E-state index >= 15 is 0 Å². The largest absolute Gasteiger partial charge is 0.493 e. The summed E-state index contributed by atoms with van der Waals surface area (Å²) in [6.45, 7) is 2.54. The van der Waals surface area contributed by atoms with E-state index in [-0.39, 0.29) is 0 Å². The lowest BCUT2D eigenvalue weighted by molar-refractivity contribution is 0.284. The van der Waals surface area contributed by atoms with Crippen molar-refractivity contribution >= 4 is 29.2 Å². The number of para-hydroxylation sites is 1. The van der Waals surface area contributed by atoms with Gasteiger partial charge in [0, 0.05) is 5.69 Å². The van der Waals surface area contributed by atoms with E-state index in [2.05, 4.69) is 47.0 Å². The topological polar surface area (TPSA) is 54.9 Å². The third-order valence-corrected chi connectivity index (χ3v) is 4.31. The van der Waals surface area contributed by atoms with Gasteiger partial charge in [-0.1, -0.05) is 48.0 Å². The minimum atomic E-state index is 0.414. The average Bonchev–Trinajstić information content (AvgIpc) is 2.74. The monoisotopic (exact) mass is 405 g/mol. The number of methoxy groups -OCH3 is 1. The van der Waals surface area contributed by atoms with Gasteiger partial charge >= 0.3 is 0 Å². The molecule has 0 spiro atoms. The van der Waals surface area contributed by atoms with Gasteiger partial charge in [0.05, 0.1) is 13.3 Å². The standard InChI is InChI=1S/C23H23N3O2S/c1-17-8-10-18(11-9-17)16-28-21-13-12-19(14-22(21)27-2)15-24-26-23(29)25-20-6-4-3-5-7-20/h3-15H,16H2,1-2H3,(H2,25,26,29). The maximum absolute atomic E-state index is 5.90. The molecule has 0 aliphatic rings. The first kappa shape index (κ1) is 20.4. The van der Waals surface area contributed by atoms with Crippen LogP contribution in [0.1, 0.15) is 16.7 Å². The van der Waals surface area contributed by atoms with Crippen LogP contribution in [-0.2, 0) is 6.61 Å². The lowest BCUT2D eigenvalue weighted by Crippen LogP contribution is -2.23. The van der Waals surface area contributed by atoms with Gasteiger partial charge < -0.3 is 14.8 Å². The number of rotatable bonds is 7. The first-order chi connectivity index (χ1) is 14.1. The summed E-state index contributed by atoms with van der Waals surface area (Å²) in [5, 5.41) is 7.64. The van der Waals surface area contributed by atoms with Crippen molar-refractivity contribution in [1.29, 1.82) is 0 Å². The van der Waals surface area contributed by atoms with Crippen molar-refractivity contribution in [1.82, 2.24) is 5.43 Å². The molecule has 3 aromatic carbocycles. The van der Waals surface area contributed by atoms with Crippen molar-refractivity contribution in [3.05, 3.63) is 89.5 Å². The molecule has 29 heavy (non-hydrogen) atoms. The zero-order valence-electron chi connectivity index (χ0n) is 16.4. The highest BCUT2D eigenvalue weighted by Crippen LogP contribution is 2.28. The molecule has 6 heteroatoms. The lowest BCUT2D eigenvalue weighted by atomic mass is 10.2. The first-order valence-electron chi connectivity index (χ1n) is 9.15. The molecule has 0 unspecified atom stereocenters. The van der Waals surface area contributed by atoms with E-state index in [0.717, 1.165) is 16.8 Å². The van der Waals surface area contributed by atoms with Gasteiger partial charge in [0.25, 0.3) is 0 Å². The number of ether oxygens (including phenoxy) is 2. The van der Waals surface area contributed by atoms with E-state index < -0.39 is 0 Å².